The van der Waals surface area contributed by atoms with E-state index < -0.39 is 0 Å². The summed E-state index contributed by atoms with van der Waals surface area (Å²) in [6, 6.07) is 8.25. The Balaban J connectivity index is 1.75. The number of carbonyl (C=O) groups excluding carboxylic acids is 2. The molecule has 3 rings (SSSR count). The van der Waals surface area contributed by atoms with E-state index in [1.165, 1.54) is 12.5 Å². The molecule has 6 heteroatoms. The van der Waals surface area contributed by atoms with Crippen LogP contribution in [0.15, 0.2) is 24.3 Å². The fourth-order valence-corrected chi connectivity index (χ4v) is 3.77. The summed E-state index contributed by atoms with van der Waals surface area (Å²) in [5.74, 6) is 0.382. The molecule has 0 saturated carbocycles. The maximum atomic E-state index is 13.0. The molecule has 0 radical (unpaired) electrons. The summed E-state index contributed by atoms with van der Waals surface area (Å²) in [4.78, 5) is 28.3. The maximum absolute atomic E-state index is 13.0. The lowest BCUT2D eigenvalue weighted by atomic mass is 9.87. The summed E-state index contributed by atoms with van der Waals surface area (Å²) in [6.45, 7) is 6.35. The molecule has 25 heavy (non-hydrogen) atoms. The Labute approximate surface area is 149 Å². The fourth-order valence-electron chi connectivity index (χ4n) is 3.77. The predicted molar refractivity (Wildman–Crippen MR) is 95.1 cm³/mol. The highest BCUT2D eigenvalue weighted by Gasteiger charge is 2.39. The zero-order valence-electron chi connectivity index (χ0n) is 15.0. The zero-order chi connectivity index (χ0) is 17.8. The number of hydrogen-bond acceptors (Lipinski definition) is 4. The van der Waals surface area contributed by atoms with Gasteiger partial charge in [0.2, 0.25) is 11.8 Å². The molecule has 0 aromatic heterocycles. The van der Waals surface area contributed by atoms with Crippen molar-refractivity contribution in [2.45, 2.75) is 19.4 Å². The molecular formula is C19H27N3O3. The molecular weight excluding hydrogens is 318 g/mol. The molecule has 0 unspecified atom stereocenters. The van der Waals surface area contributed by atoms with Crippen LogP contribution in [0.2, 0.25) is 0 Å². The van der Waals surface area contributed by atoms with Crippen molar-refractivity contribution < 1.29 is 14.3 Å². The summed E-state index contributed by atoms with van der Waals surface area (Å²) in [5.41, 5.74) is 2.25. The van der Waals surface area contributed by atoms with E-state index in [9.17, 15) is 9.59 Å². The molecule has 6 nitrogen and oxygen atoms in total. The number of nitrogens with one attached hydrogen (secondary N) is 1. The molecule has 2 aliphatic rings. The van der Waals surface area contributed by atoms with Gasteiger partial charge in [0, 0.05) is 45.6 Å². The van der Waals surface area contributed by atoms with Crippen molar-refractivity contribution in [3.63, 3.8) is 0 Å². The van der Waals surface area contributed by atoms with Crippen molar-refractivity contribution in [1.29, 1.82) is 0 Å². The number of carbonyl (C=O) groups is 2. The summed E-state index contributed by atoms with van der Waals surface area (Å²) in [7, 11) is 2.07. The van der Waals surface area contributed by atoms with E-state index in [-0.39, 0.29) is 23.7 Å². The molecule has 2 aliphatic heterocycles. The summed E-state index contributed by atoms with van der Waals surface area (Å²) in [6.07, 6.45) is 0. The second-order valence-corrected chi connectivity index (χ2v) is 7.03. The number of amides is 2. The number of likely N-dealkylation sites (tertiary alicyclic amines) is 1. The number of likely N-dealkylation sites (N-methyl/N-ethyl adjacent to an activating group) is 1. The van der Waals surface area contributed by atoms with Crippen LogP contribution in [-0.2, 0) is 20.9 Å². The van der Waals surface area contributed by atoms with Gasteiger partial charge in [-0.25, -0.2) is 0 Å². The highest BCUT2D eigenvalue weighted by Crippen LogP contribution is 2.33. The first-order valence-electron chi connectivity index (χ1n) is 8.93. The van der Waals surface area contributed by atoms with Gasteiger partial charge in [-0.05, 0) is 18.2 Å². The van der Waals surface area contributed by atoms with E-state index in [0.717, 1.165) is 18.7 Å². The second kappa shape index (κ2) is 7.97. The van der Waals surface area contributed by atoms with E-state index in [1.807, 2.05) is 17.0 Å². The van der Waals surface area contributed by atoms with Gasteiger partial charge >= 0.3 is 0 Å². The molecule has 0 bridgehead atoms. The van der Waals surface area contributed by atoms with Crippen molar-refractivity contribution in [2.75, 3.05) is 46.4 Å². The number of ether oxygens (including phenoxy) is 1. The lowest BCUT2D eigenvalue weighted by molar-refractivity contribution is -0.139. The van der Waals surface area contributed by atoms with Crippen LogP contribution in [0.3, 0.4) is 0 Å². The monoisotopic (exact) mass is 345 g/mol. The van der Waals surface area contributed by atoms with Crippen molar-refractivity contribution in [2.24, 2.45) is 5.92 Å². The minimum absolute atomic E-state index is 0.0147. The smallest absolute Gasteiger partial charge is 0.227 e. The minimum Gasteiger partial charge on any atom is -0.378 e. The number of rotatable bonds is 4. The van der Waals surface area contributed by atoms with Gasteiger partial charge in [-0.15, -0.1) is 0 Å². The third-order valence-electron chi connectivity index (χ3n) is 5.06. The normalized spacial score (nSPS) is 24.3. The summed E-state index contributed by atoms with van der Waals surface area (Å²) in [5, 5.41) is 2.84. The van der Waals surface area contributed by atoms with Crippen LogP contribution in [-0.4, -0.2) is 68.1 Å². The molecule has 1 aromatic rings. The van der Waals surface area contributed by atoms with Crippen molar-refractivity contribution in [1.82, 2.24) is 15.1 Å². The Kier molecular flexibility index (Phi) is 5.71. The molecule has 2 amide bonds. The third kappa shape index (κ3) is 4.38. The average molecular weight is 345 g/mol. The topological polar surface area (TPSA) is 61.9 Å². The molecule has 2 fully saturated rings. The second-order valence-electron chi connectivity index (χ2n) is 7.03. The predicted octanol–water partition coefficient (Wildman–Crippen LogP) is 0.827. The molecule has 0 aliphatic carbocycles. The Morgan fingerprint density at radius 1 is 1.24 bits per heavy atom. The van der Waals surface area contributed by atoms with Crippen molar-refractivity contribution >= 4 is 11.8 Å². The van der Waals surface area contributed by atoms with Crippen LogP contribution >= 0.6 is 0 Å². The van der Waals surface area contributed by atoms with Crippen LogP contribution < -0.4 is 5.32 Å². The molecule has 1 N–H and O–H groups in total. The van der Waals surface area contributed by atoms with Gasteiger partial charge in [0.25, 0.3) is 0 Å². The van der Waals surface area contributed by atoms with E-state index in [0.29, 0.717) is 32.8 Å². The first-order chi connectivity index (χ1) is 12.0. The van der Waals surface area contributed by atoms with Gasteiger partial charge in [-0.2, -0.15) is 0 Å². The van der Waals surface area contributed by atoms with Crippen LogP contribution in [0.5, 0.6) is 0 Å². The zero-order valence-corrected chi connectivity index (χ0v) is 15.0. The van der Waals surface area contributed by atoms with Gasteiger partial charge in [0.1, 0.15) is 0 Å². The Morgan fingerprint density at radius 2 is 2.00 bits per heavy atom. The van der Waals surface area contributed by atoms with Gasteiger partial charge in [0.05, 0.1) is 19.1 Å². The lowest BCUT2D eigenvalue weighted by Gasteiger charge is -2.31. The van der Waals surface area contributed by atoms with Gasteiger partial charge in [-0.1, -0.05) is 24.3 Å². The highest BCUT2D eigenvalue weighted by molar-refractivity contribution is 5.80. The van der Waals surface area contributed by atoms with Crippen LogP contribution in [0, 0.1) is 5.92 Å². The van der Waals surface area contributed by atoms with Crippen LogP contribution in [0.25, 0.3) is 0 Å². The SMILES string of the molecule is CC(=O)NCc1cccc([C@H]2CN(C)C[C@@H]2C(=O)N2CCOCC2)c1. The standard InChI is InChI=1S/C19H27N3O3/c1-14(23)20-11-15-4-3-5-16(10-15)17-12-21(2)13-18(17)19(24)22-6-8-25-9-7-22/h3-5,10,17-18H,6-9,11-13H2,1-2H3,(H,20,23)/t17-,18+/m1/s1. The largest absolute Gasteiger partial charge is 0.378 e. The van der Waals surface area contributed by atoms with E-state index in [2.05, 4.69) is 29.4 Å². The van der Waals surface area contributed by atoms with Gasteiger partial charge in [-0.3, -0.25) is 9.59 Å². The van der Waals surface area contributed by atoms with Crippen molar-refractivity contribution in [3.05, 3.63) is 35.4 Å². The quantitative estimate of drug-likeness (QED) is 0.878. The molecule has 2 atom stereocenters. The highest BCUT2D eigenvalue weighted by atomic mass is 16.5. The van der Waals surface area contributed by atoms with Crippen molar-refractivity contribution in [3.8, 4) is 0 Å². The Morgan fingerprint density at radius 3 is 2.72 bits per heavy atom. The molecule has 2 saturated heterocycles. The molecule has 0 spiro atoms. The Bertz CT molecular complexity index is 628. The van der Waals surface area contributed by atoms with E-state index >= 15 is 0 Å². The number of hydrogen-bond donors (Lipinski definition) is 1. The van der Waals surface area contributed by atoms with E-state index in [1.54, 1.807) is 0 Å². The van der Waals surface area contributed by atoms with Crippen LogP contribution in [0.4, 0.5) is 0 Å². The number of morpholine rings is 1. The van der Waals surface area contributed by atoms with Gasteiger partial charge < -0.3 is 19.9 Å². The molecule has 2 heterocycles. The average Bonchev–Trinajstić information content (AvgIpc) is 3.02. The van der Waals surface area contributed by atoms with Gasteiger partial charge in [0.15, 0.2) is 0 Å². The minimum atomic E-state index is -0.0358. The fraction of sp³-hybridized carbons (Fsp3) is 0.579. The Hall–Kier alpha value is -1.92. The first-order valence-corrected chi connectivity index (χ1v) is 8.93. The lowest BCUT2D eigenvalue weighted by Crippen LogP contribution is -2.45. The van der Waals surface area contributed by atoms with E-state index in [4.69, 9.17) is 4.74 Å². The maximum Gasteiger partial charge on any atom is 0.227 e. The first kappa shape index (κ1) is 17.9. The molecule has 136 valence electrons. The number of nitrogens with zero attached hydrogens (tertiary/aromatic N) is 2. The third-order valence-corrected chi connectivity index (χ3v) is 5.06. The summed E-state index contributed by atoms with van der Waals surface area (Å²) >= 11 is 0. The summed E-state index contributed by atoms with van der Waals surface area (Å²) < 4.78 is 5.37. The number of benzene rings is 1. The molecule has 1 aromatic carbocycles. The van der Waals surface area contributed by atoms with Crippen LogP contribution in [0.1, 0.15) is 24.0 Å².